The SMILES string of the molecule is O=C(O)c1ccc2c(c1)Oc1ccc(=O)[nH]c1C(F)(F)C2O. The third-order valence-corrected chi connectivity index (χ3v) is 3.33. The van der Waals surface area contributed by atoms with Crippen molar-refractivity contribution in [2.45, 2.75) is 12.0 Å². The van der Waals surface area contributed by atoms with E-state index in [9.17, 15) is 23.5 Å². The molecule has 0 amide bonds. The lowest BCUT2D eigenvalue weighted by atomic mass is 9.99. The molecule has 0 radical (unpaired) electrons. The third-order valence-electron chi connectivity index (χ3n) is 3.33. The number of aliphatic hydroxyl groups excluding tert-OH is 1. The van der Waals surface area contributed by atoms with Crippen molar-refractivity contribution in [2.75, 3.05) is 0 Å². The Kier molecular flexibility index (Phi) is 2.99. The molecular formula is C14H9F2NO5. The van der Waals surface area contributed by atoms with Crippen LogP contribution in [0.15, 0.2) is 35.1 Å². The zero-order chi connectivity index (χ0) is 16.1. The molecule has 1 unspecified atom stereocenters. The number of hydrogen-bond donors (Lipinski definition) is 3. The lowest BCUT2D eigenvalue weighted by Gasteiger charge is -2.20. The molecule has 114 valence electrons. The number of fused-ring (bicyclic) bond motifs is 2. The Morgan fingerprint density at radius 3 is 2.64 bits per heavy atom. The Labute approximate surface area is 121 Å². The molecule has 1 aromatic heterocycles. The summed E-state index contributed by atoms with van der Waals surface area (Å²) in [5.41, 5.74) is -2.08. The molecule has 1 aromatic carbocycles. The molecule has 3 N–H and O–H groups in total. The van der Waals surface area contributed by atoms with Crippen LogP contribution in [0.25, 0.3) is 0 Å². The number of ether oxygens (including phenoxy) is 1. The second kappa shape index (κ2) is 4.63. The molecule has 22 heavy (non-hydrogen) atoms. The van der Waals surface area contributed by atoms with Gasteiger partial charge in [0.05, 0.1) is 5.56 Å². The highest BCUT2D eigenvalue weighted by atomic mass is 19.3. The molecule has 2 aromatic rings. The van der Waals surface area contributed by atoms with Crippen LogP contribution in [0.5, 0.6) is 11.5 Å². The summed E-state index contributed by atoms with van der Waals surface area (Å²) in [6, 6.07) is 5.21. The van der Waals surface area contributed by atoms with Crippen LogP contribution in [-0.4, -0.2) is 21.2 Å². The van der Waals surface area contributed by atoms with Gasteiger partial charge in [0.1, 0.15) is 11.4 Å². The summed E-state index contributed by atoms with van der Waals surface area (Å²) in [6.45, 7) is 0. The van der Waals surface area contributed by atoms with E-state index in [1.54, 1.807) is 0 Å². The Morgan fingerprint density at radius 1 is 1.23 bits per heavy atom. The normalized spacial score (nSPS) is 18.6. The average Bonchev–Trinajstić information content (AvgIpc) is 2.54. The van der Waals surface area contributed by atoms with E-state index in [0.717, 1.165) is 30.3 Å². The molecule has 0 bridgehead atoms. The van der Waals surface area contributed by atoms with Gasteiger partial charge in [0.2, 0.25) is 5.56 Å². The maximum absolute atomic E-state index is 14.4. The van der Waals surface area contributed by atoms with E-state index >= 15 is 0 Å². The van der Waals surface area contributed by atoms with Crippen LogP contribution in [0, 0.1) is 0 Å². The molecule has 0 spiro atoms. The Balaban J connectivity index is 2.26. The smallest absolute Gasteiger partial charge is 0.335 e. The molecule has 0 fully saturated rings. The van der Waals surface area contributed by atoms with Crippen molar-refractivity contribution in [2.24, 2.45) is 0 Å². The Bertz CT molecular complexity index is 830. The number of aromatic amines is 1. The Morgan fingerprint density at radius 2 is 1.95 bits per heavy atom. The lowest BCUT2D eigenvalue weighted by molar-refractivity contribution is -0.119. The molecule has 2 heterocycles. The van der Waals surface area contributed by atoms with Gasteiger partial charge in [-0.25, -0.2) is 4.79 Å². The van der Waals surface area contributed by atoms with Crippen molar-refractivity contribution in [3.05, 3.63) is 57.5 Å². The number of nitrogens with one attached hydrogen (secondary N) is 1. The van der Waals surface area contributed by atoms with E-state index in [1.165, 1.54) is 0 Å². The van der Waals surface area contributed by atoms with Crippen molar-refractivity contribution in [3.63, 3.8) is 0 Å². The van der Waals surface area contributed by atoms with Crippen LogP contribution in [0.4, 0.5) is 8.78 Å². The Hall–Kier alpha value is -2.74. The van der Waals surface area contributed by atoms with Crippen molar-refractivity contribution >= 4 is 5.97 Å². The minimum Gasteiger partial charge on any atom is -0.478 e. The van der Waals surface area contributed by atoms with Crippen LogP contribution in [0.3, 0.4) is 0 Å². The van der Waals surface area contributed by atoms with Crippen LogP contribution >= 0.6 is 0 Å². The van der Waals surface area contributed by atoms with E-state index < -0.39 is 29.2 Å². The van der Waals surface area contributed by atoms with E-state index in [0.29, 0.717) is 0 Å². The van der Waals surface area contributed by atoms with Gasteiger partial charge >= 0.3 is 11.9 Å². The first kappa shape index (κ1) is 14.2. The van der Waals surface area contributed by atoms with Crippen molar-refractivity contribution in [1.29, 1.82) is 0 Å². The number of pyridine rings is 1. The number of aromatic carboxylic acids is 1. The molecule has 1 aliphatic heterocycles. The quantitative estimate of drug-likeness (QED) is 0.748. The first-order valence-corrected chi connectivity index (χ1v) is 6.15. The highest BCUT2D eigenvalue weighted by molar-refractivity contribution is 5.88. The minimum absolute atomic E-state index is 0.179. The number of benzene rings is 1. The van der Waals surface area contributed by atoms with Gasteiger partial charge in [0.15, 0.2) is 11.9 Å². The van der Waals surface area contributed by atoms with E-state index in [2.05, 4.69) is 0 Å². The number of carbonyl (C=O) groups is 1. The van der Waals surface area contributed by atoms with Crippen LogP contribution in [0.1, 0.15) is 27.7 Å². The number of alkyl halides is 2. The van der Waals surface area contributed by atoms with E-state index in [-0.39, 0.29) is 22.6 Å². The third kappa shape index (κ3) is 2.04. The number of hydrogen-bond acceptors (Lipinski definition) is 4. The number of carboxylic acids is 1. The highest BCUT2D eigenvalue weighted by Gasteiger charge is 2.48. The van der Waals surface area contributed by atoms with Crippen molar-refractivity contribution < 1.29 is 28.5 Å². The summed E-state index contributed by atoms with van der Waals surface area (Å²) >= 11 is 0. The molecule has 0 saturated carbocycles. The molecule has 6 nitrogen and oxygen atoms in total. The number of aromatic nitrogens is 1. The predicted molar refractivity (Wildman–Crippen MR) is 69.4 cm³/mol. The van der Waals surface area contributed by atoms with Gasteiger partial charge < -0.3 is 19.9 Å². The summed E-state index contributed by atoms with van der Waals surface area (Å²) in [5, 5.41) is 18.9. The maximum atomic E-state index is 14.4. The van der Waals surface area contributed by atoms with E-state index in [4.69, 9.17) is 9.84 Å². The zero-order valence-electron chi connectivity index (χ0n) is 10.8. The van der Waals surface area contributed by atoms with E-state index in [1.807, 2.05) is 4.98 Å². The molecule has 1 atom stereocenters. The van der Waals surface area contributed by atoms with Crippen molar-refractivity contribution in [3.8, 4) is 11.5 Å². The first-order chi connectivity index (χ1) is 10.3. The topological polar surface area (TPSA) is 99.6 Å². The maximum Gasteiger partial charge on any atom is 0.335 e. The first-order valence-electron chi connectivity index (χ1n) is 6.15. The van der Waals surface area contributed by atoms with Crippen LogP contribution in [0.2, 0.25) is 0 Å². The molecule has 3 rings (SSSR count). The van der Waals surface area contributed by atoms with Gasteiger partial charge in [-0.05, 0) is 18.2 Å². The second-order valence-corrected chi connectivity index (χ2v) is 4.75. The highest BCUT2D eigenvalue weighted by Crippen LogP contribution is 2.49. The number of aliphatic hydroxyl groups is 1. The largest absolute Gasteiger partial charge is 0.478 e. The fraction of sp³-hybridized carbons (Fsp3) is 0.143. The summed E-state index contributed by atoms with van der Waals surface area (Å²) in [4.78, 5) is 24.2. The van der Waals surface area contributed by atoms with Crippen LogP contribution < -0.4 is 10.3 Å². The number of rotatable bonds is 1. The van der Waals surface area contributed by atoms with Gasteiger partial charge in [-0.3, -0.25) is 4.79 Å². The number of halogens is 2. The summed E-state index contributed by atoms with van der Waals surface area (Å²) in [7, 11) is 0. The summed E-state index contributed by atoms with van der Waals surface area (Å²) in [6.07, 6.45) is -2.29. The standard InChI is InChI=1S/C14H9F2NO5/c15-14(16)11-8(3-4-10(18)17-11)22-9-5-6(13(20)21)1-2-7(9)12(14)19/h1-5,12,19H,(H,17,18)(H,20,21). The lowest BCUT2D eigenvalue weighted by Crippen LogP contribution is -2.26. The van der Waals surface area contributed by atoms with Crippen molar-refractivity contribution in [1.82, 2.24) is 4.98 Å². The predicted octanol–water partition coefficient (Wildman–Crippen LogP) is 2.00. The summed E-state index contributed by atoms with van der Waals surface area (Å²) < 4.78 is 34.0. The van der Waals surface area contributed by atoms with Crippen LogP contribution in [-0.2, 0) is 5.92 Å². The fourth-order valence-electron chi connectivity index (χ4n) is 2.23. The summed E-state index contributed by atoms with van der Waals surface area (Å²) in [5.74, 6) is -5.63. The molecule has 8 heteroatoms. The van der Waals surface area contributed by atoms with Gasteiger partial charge in [-0.15, -0.1) is 0 Å². The van der Waals surface area contributed by atoms with Gasteiger partial charge in [0, 0.05) is 11.6 Å². The number of H-pyrrole nitrogens is 1. The molecule has 0 saturated heterocycles. The van der Waals surface area contributed by atoms with Gasteiger partial charge in [-0.1, -0.05) is 6.07 Å². The second-order valence-electron chi connectivity index (χ2n) is 4.75. The fourth-order valence-corrected chi connectivity index (χ4v) is 2.23. The van der Waals surface area contributed by atoms with Gasteiger partial charge in [-0.2, -0.15) is 8.78 Å². The minimum atomic E-state index is -3.80. The zero-order valence-corrected chi connectivity index (χ0v) is 10.8. The monoisotopic (exact) mass is 309 g/mol. The van der Waals surface area contributed by atoms with Gasteiger partial charge in [0.25, 0.3) is 0 Å². The molecule has 0 aliphatic carbocycles. The number of carboxylic acid groups (broad SMARTS) is 1. The molecular weight excluding hydrogens is 300 g/mol. The molecule has 1 aliphatic rings. The average molecular weight is 309 g/mol.